The van der Waals surface area contributed by atoms with Gasteiger partial charge in [0.05, 0.1) is 16.3 Å². The Labute approximate surface area is 186 Å². The number of halogens is 1. The average molecular weight is 460 g/mol. The lowest BCUT2D eigenvalue weighted by atomic mass is 10.2. The van der Waals surface area contributed by atoms with Gasteiger partial charge in [-0.3, -0.25) is 0 Å². The lowest BCUT2D eigenvalue weighted by molar-refractivity contribution is 0.0467. The summed E-state index contributed by atoms with van der Waals surface area (Å²) in [6.07, 6.45) is 4.42. The Morgan fingerprint density at radius 3 is 2.52 bits per heavy atom. The Kier molecular flexibility index (Phi) is 6.41. The molecular weight excluding hydrogens is 438 g/mol. The average Bonchev–Trinajstić information content (AvgIpc) is 3.28. The SMILES string of the molecule is O=C(OCc1ccn(-c2ccccc2)n1)c1ccc(Cl)c(S(=O)(=O)N2CCCCC2)c1. The number of carbonyl (C=O) groups excluding carboxylic acids is 1. The van der Waals surface area contributed by atoms with Crippen LogP contribution in [0.15, 0.2) is 65.7 Å². The second-order valence-corrected chi connectivity index (χ2v) is 9.59. The Morgan fingerprint density at radius 1 is 1.03 bits per heavy atom. The predicted molar refractivity (Wildman–Crippen MR) is 117 cm³/mol. The molecule has 1 aromatic heterocycles. The van der Waals surface area contributed by atoms with Gasteiger partial charge in [-0.15, -0.1) is 0 Å². The van der Waals surface area contributed by atoms with Gasteiger partial charge in [-0.05, 0) is 49.2 Å². The molecule has 0 spiro atoms. The molecule has 1 aliphatic rings. The molecule has 0 atom stereocenters. The number of para-hydroxylation sites is 1. The zero-order valence-electron chi connectivity index (χ0n) is 16.8. The Morgan fingerprint density at radius 2 is 1.77 bits per heavy atom. The van der Waals surface area contributed by atoms with E-state index in [-0.39, 0.29) is 22.1 Å². The number of sulfonamides is 1. The fraction of sp³-hybridized carbons (Fsp3) is 0.273. The number of hydrogen-bond acceptors (Lipinski definition) is 5. The molecule has 1 saturated heterocycles. The lowest BCUT2D eigenvalue weighted by Crippen LogP contribution is -2.35. The highest BCUT2D eigenvalue weighted by atomic mass is 35.5. The van der Waals surface area contributed by atoms with Crippen LogP contribution in [0.25, 0.3) is 5.69 Å². The van der Waals surface area contributed by atoms with Crippen molar-refractivity contribution in [2.24, 2.45) is 0 Å². The van der Waals surface area contributed by atoms with E-state index in [1.54, 1.807) is 16.9 Å². The van der Waals surface area contributed by atoms with Gasteiger partial charge in [0.25, 0.3) is 0 Å². The molecule has 0 N–H and O–H groups in total. The first-order chi connectivity index (χ1) is 14.9. The standard InChI is InChI=1S/C22H22ClN3O4S/c23-20-10-9-17(15-21(20)31(28,29)25-12-5-2-6-13-25)22(27)30-16-18-11-14-26(24-18)19-7-3-1-4-8-19/h1,3-4,7-11,14-15H,2,5-6,12-13,16H2. The fourth-order valence-corrected chi connectivity index (χ4v) is 5.48. The molecule has 1 aliphatic heterocycles. The highest BCUT2D eigenvalue weighted by molar-refractivity contribution is 7.89. The van der Waals surface area contributed by atoms with Gasteiger partial charge < -0.3 is 4.74 Å². The summed E-state index contributed by atoms with van der Waals surface area (Å²) in [5.74, 6) is -0.638. The quantitative estimate of drug-likeness (QED) is 0.519. The van der Waals surface area contributed by atoms with Crippen molar-refractivity contribution in [1.82, 2.24) is 14.1 Å². The Balaban J connectivity index is 1.47. The van der Waals surface area contributed by atoms with Crippen LogP contribution in [0.4, 0.5) is 0 Å². The number of benzene rings is 2. The van der Waals surface area contributed by atoms with Crippen LogP contribution < -0.4 is 0 Å². The minimum Gasteiger partial charge on any atom is -0.456 e. The van der Waals surface area contributed by atoms with Crippen molar-refractivity contribution >= 4 is 27.6 Å². The largest absolute Gasteiger partial charge is 0.456 e. The smallest absolute Gasteiger partial charge is 0.338 e. The second kappa shape index (κ2) is 9.21. The van der Waals surface area contributed by atoms with E-state index in [0.29, 0.717) is 18.8 Å². The van der Waals surface area contributed by atoms with Crippen molar-refractivity contribution in [3.63, 3.8) is 0 Å². The molecule has 162 valence electrons. The number of hydrogen-bond donors (Lipinski definition) is 0. The first kappa shape index (κ1) is 21.5. The Hall–Kier alpha value is -2.68. The summed E-state index contributed by atoms with van der Waals surface area (Å²) in [6.45, 7) is 0.879. The third kappa shape index (κ3) is 4.81. The lowest BCUT2D eigenvalue weighted by Gasteiger charge is -2.26. The minimum atomic E-state index is -3.77. The number of rotatable bonds is 6. The maximum Gasteiger partial charge on any atom is 0.338 e. The van der Waals surface area contributed by atoms with Crippen molar-refractivity contribution in [1.29, 1.82) is 0 Å². The third-order valence-corrected chi connectivity index (χ3v) is 7.50. The second-order valence-electron chi connectivity index (χ2n) is 7.27. The normalized spacial score (nSPS) is 15.0. The topological polar surface area (TPSA) is 81.5 Å². The molecule has 9 heteroatoms. The van der Waals surface area contributed by atoms with Crippen LogP contribution in [0.2, 0.25) is 5.02 Å². The van der Waals surface area contributed by atoms with Crippen LogP contribution in [0.1, 0.15) is 35.3 Å². The number of esters is 1. The molecule has 0 bridgehead atoms. The third-order valence-electron chi connectivity index (χ3n) is 5.12. The molecule has 0 radical (unpaired) electrons. The van der Waals surface area contributed by atoms with Crippen LogP contribution in [-0.2, 0) is 21.4 Å². The van der Waals surface area contributed by atoms with E-state index in [4.69, 9.17) is 16.3 Å². The van der Waals surface area contributed by atoms with Crippen LogP contribution in [0.3, 0.4) is 0 Å². The van der Waals surface area contributed by atoms with E-state index in [2.05, 4.69) is 5.10 Å². The Bertz CT molecular complexity index is 1170. The maximum absolute atomic E-state index is 13.0. The molecule has 0 unspecified atom stereocenters. The number of carbonyl (C=O) groups is 1. The summed E-state index contributed by atoms with van der Waals surface area (Å²) >= 11 is 6.17. The molecular formula is C22H22ClN3O4S. The van der Waals surface area contributed by atoms with Gasteiger partial charge in [-0.25, -0.2) is 17.9 Å². The van der Waals surface area contributed by atoms with Crippen molar-refractivity contribution in [2.75, 3.05) is 13.1 Å². The van der Waals surface area contributed by atoms with E-state index in [0.717, 1.165) is 24.9 Å². The summed E-state index contributed by atoms with van der Waals surface area (Å²) in [4.78, 5) is 12.5. The van der Waals surface area contributed by atoms with Crippen LogP contribution >= 0.6 is 11.6 Å². The molecule has 3 aromatic rings. The maximum atomic E-state index is 13.0. The zero-order valence-corrected chi connectivity index (χ0v) is 18.3. The first-order valence-corrected chi connectivity index (χ1v) is 11.8. The molecule has 4 rings (SSSR count). The number of ether oxygens (including phenoxy) is 1. The molecule has 31 heavy (non-hydrogen) atoms. The van der Waals surface area contributed by atoms with Crippen LogP contribution in [-0.4, -0.2) is 41.6 Å². The summed E-state index contributed by atoms with van der Waals surface area (Å²) < 4.78 is 34.4. The molecule has 2 heterocycles. The number of piperidine rings is 1. The first-order valence-electron chi connectivity index (χ1n) is 10.0. The molecule has 0 aliphatic carbocycles. The van der Waals surface area contributed by atoms with Gasteiger partial charge in [0.1, 0.15) is 17.2 Å². The monoisotopic (exact) mass is 459 g/mol. The molecule has 1 fully saturated rings. The van der Waals surface area contributed by atoms with E-state index < -0.39 is 16.0 Å². The molecule has 0 amide bonds. The molecule has 7 nitrogen and oxygen atoms in total. The predicted octanol–water partition coefficient (Wildman–Crippen LogP) is 4.06. The zero-order chi connectivity index (χ0) is 21.8. The van der Waals surface area contributed by atoms with E-state index >= 15 is 0 Å². The minimum absolute atomic E-state index is 0.0322. The summed E-state index contributed by atoms with van der Waals surface area (Å²) in [5.41, 5.74) is 1.60. The van der Waals surface area contributed by atoms with E-state index in [1.807, 2.05) is 30.3 Å². The summed E-state index contributed by atoms with van der Waals surface area (Å²) in [6, 6.07) is 15.5. The van der Waals surface area contributed by atoms with Gasteiger partial charge in [-0.2, -0.15) is 9.40 Å². The number of nitrogens with zero attached hydrogens (tertiary/aromatic N) is 3. The van der Waals surface area contributed by atoms with Crippen molar-refractivity contribution in [2.45, 2.75) is 30.8 Å². The number of aromatic nitrogens is 2. The summed E-state index contributed by atoms with van der Waals surface area (Å²) in [7, 11) is -3.77. The van der Waals surface area contributed by atoms with Crippen molar-refractivity contribution in [3.05, 3.63) is 77.1 Å². The van der Waals surface area contributed by atoms with Crippen molar-refractivity contribution < 1.29 is 17.9 Å². The van der Waals surface area contributed by atoms with Gasteiger partial charge >= 0.3 is 5.97 Å². The van der Waals surface area contributed by atoms with Gasteiger partial charge in [-0.1, -0.05) is 36.2 Å². The molecule has 2 aromatic carbocycles. The van der Waals surface area contributed by atoms with Gasteiger partial charge in [0, 0.05) is 19.3 Å². The van der Waals surface area contributed by atoms with Crippen molar-refractivity contribution in [3.8, 4) is 5.69 Å². The van der Waals surface area contributed by atoms with Gasteiger partial charge in [0.2, 0.25) is 10.0 Å². The molecule has 0 saturated carbocycles. The highest BCUT2D eigenvalue weighted by Gasteiger charge is 2.29. The van der Waals surface area contributed by atoms with E-state index in [1.165, 1.54) is 22.5 Å². The van der Waals surface area contributed by atoms with Crippen LogP contribution in [0, 0.1) is 0 Å². The van der Waals surface area contributed by atoms with Crippen LogP contribution in [0.5, 0.6) is 0 Å². The van der Waals surface area contributed by atoms with Gasteiger partial charge in [0.15, 0.2) is 0 Å². The summed E-state index contributed by atoms with van der Waals surface area (Å²) in [5, 5.41) is 4.48. The van der Waals surface area contributed by atoms with E-state index in [9.17, 15) is 13.2 Å². The highest BCUT2D eigenvalue weighted by Crippen LogP contribution is 2.28. The fourth-order valence-electron chi connectivity index (χ4n) is 3.46.